The van der Waals surface area contributed by atoms with E-state index >= 15 is 0 Å². The van der Waals surface area contributed by atoms with Gasteiger partial charge < -0.3 is 15.4 Å². The minimum absolute atomic E-state index is 0.0180. The number of alkyl halides is 3. The standard InChI is InChI=1S/C22H20F3N5O/c1-2-3-11-31-18-6-4-5-17(12-18)28-20-19(22(23,24)25)14-27-21(30-20)29-16-9-7-15(13-26)8-10-16/h4-10,12,14H,2-3,11H2,1H3,(H2,27,28,29,30). The molecule has 31 heavy (non-hydrogen) atoms. The van der Waals surface area contributed by atoms with Crippen LogP contribution >= 0.6 is 0 Å². The summed E-state index contributed by atoms with van der Waals surface area (Å²) in [4.78, 5) is 7.80. The van der Waals surface area contributed by atoms with Gasteiger partial charge in [0.15, 0.2) is 0 Å². The Kier molecular flexibility index (Phi) is 6.92. The Hall–Kier alpha value is -3.80. The van der Waals surface area contributed by atoms with E-state index in [4.69, 9.17) is 10.00 Å². The van der Waals surface area contributed by atoms with E-state index in [0.717, 1.165) is 19.0 Å². The summed E-state index contributed by atoms with van der Waals surface area (Å²) in [5, 5.41) is 14.4. The van der Waals surface area contributed by atoms with Crippen LogP contribution in [0.1, 0.15) is 30.9 Å². The van der Waals surface area contributed by atoms with Crippen LogP contribution in [-0.4, -0.2) is 16.6 Å². The van der Waals surface area contributed by atoms with Crippen molar-refractivity contribution in [2.24, 2.45) is 0 Å². The molecule has 0 fully saturated rings. The molecule has 0 aliphatic rings. The summed E-state index contributed by atoms with van der Waals surface area (Å²) >= 11 is 0. The maximum atomic E-state index is 13.5. The minimum Gasteiger partial charge on any atom is -0.494 e. The number of nitrogens with one attached hydrogen (secondary N) is 2. The van der Waals surface area contributed by atoms with Gasteiger partial charge in [-0.25, -0.2) is 4.98 Å². The van der Waals surface area contributed by atoms with E-state index in [1.54, 1.807) is 48.5 Å². The van der Waals surface area contributed by atoms with E-state index in [-0.39, 0.29) is 11.8 Å². The van der Waals surface area contributed by atoms with Crippen LogP contribution in [0.25, 0.3) is 0 Å². The van der Waals surface area contributed by atoms with Crippen molar-refractivity contribution in [1.82, 2.24) is 9.97 Å². The highest BCUT2D eigenvalue weighted by Crippen LogP contribution is 2.35. The van der Waals surface area contributed by atoms with Gasteiger partial charge in [-0.3, -0.25) is 0 Å². The zero-order valence-corrected chi connectivity index (χ0v) is 16.7. The molecule has 0 radical (unpaired) electrons. The van der Waals surface area contributed by atoms with Crippen molar-refractivity contribution in [1.29, 1.82) is 5.26 Å². The number of unbranched alkanes of at least 4 members (excludes halogenated alkanes) is 1. The molecule has 0 aliphatic heterocycles. The molecule has 6 nitrogen and oxygen atoms in total. The molecular weight excluding hydrogens is 407 g/mol. The molecule has 1 aromatic heterocycles. The van der Waals surface area contributed by atoms with E-state index in [1.165, 1.54) is 0 Å². The zero-order chi connectivity index (χ0) is 22.3. The Morgan fingerprint density at radius 3 is 2.52 bits per heavy atom. The predicted octanol–water partition coefficient (Wildman–Crippen LogP) is 6.03. The number of nitrogens with zero attached hydrogens (tertiary/aromatic N) is 3. The third-order valence-corrected chi connectivity index (χ3v) is 4.23. The fourth-order valence-corrected chi connectivity index (χ4v) is 2.64. The molecular formula is C22H20F3N5O. The molecule has 160 valence electrons. The average Bonchev–Trinajstić information content (AvgIpc) is 2.74. The summed E-state index contributed by atoms with van der Waals surface area (Å²) in [6, 6.07) is 15.1. The maximum Gasteiger partial charge on any atom is 0.421 e. The average molecular weight is 427 g/mol. The molecule has 9 heteroatoms. The first-order valence-electron chi connectivity index (χ1n) is 9.60. The van der Waals surface area contributed by atoms with Gasteiger partial charge in [-0.1, -0.05) is 19.4 Å². The lowest BCUT2D eigenvalue weighted by Gasteiger charge is -2.15. The lowest BCUT2D eigenvalue weighted by molar-refractivity contribution is -0.137. The Balaban J connectivity index is 1.85. The third kappa shape index (κ3) is 6.09. The van der Waals surface area contributed by atoms with Crippen LogP contribution in [0.2, 0.25) is 0 Å². The SMILES string of the molecule is CCCCOc1cccc(Nc2nc(Nc3ccc(C#N)cc3)ncc2C(F)(F)F)c1. The normalized spacial score (nSPS) is 10.9. The van der Waals surface area contributed by atoms with Crippen LogP contribution in [-0.2, 0) is 6.18 Å². The van der Waals surface area contributed by atoms with Crippen molar-refractivity contribution >= 4 is 23.1 Å². The lowest BCUT2D eigenvalue weighted by Crippen LogP contribution is -2.12. The van der Waals surface area contributed by atoms with Crippen molar-refractivity contribution < 1.29 is 17.9 Å². The molecule has 0 saturated heterocycles. The molecule has 1 heterocycles. The zero-order valence-electron chi connectivity index (χ0n) is 16.7. The molecule has 0 atom stereocenters. The second-order valence-corrected chi connectivity index (χ2v) is 6.62. The van der Waals surface area contributed by atoms with E-state index in [9.17, 15) is 13.2 Å². The maximum absolute atomic E-state index is 13.5. The molecule has 0 amide bonds. The van der Waals surface area contributed by atoms with Crippen molar-refractivity contribution in [2.75, 3.05) is 17.2 Å². The highest BCUT2D eigenvalue weighted by atomic mass is 19.4. The van der Waals surface area contributed by atoms with E-state index in [2.05, 4.69) is 20.6 Å². The predicted molar refractivity (Wildman–Crippen MR) is 112 cm³/mol. The van der Waals surface area contributed by atoms with Crippen LogP contribution < -0.4 is 15.4 Å². The van der Waals surface area contributed by atoms with Crippen molar-refractivity contribution in [3.05, 3.63) is 65.9 Å². The number of nitriles is 1. The van der Waals surface area contributed by atoms with E-state index in [0.29, 0.717) is 29.3 Å². The first kappa shape index (κ1) is 21.9. The summed E-state index contributed by atoms with van der Waals surface area (Å²) in [6.07, 6.45) is -2.05. The Bertz CT molecular complexity index is 1060. The van der Waals surface area contributed by atoms with Crippen molar-refractivity contribution in [3.63, 3.8) is 0 Å². The van der Waals surface area contributed by atoms with Crippen molar-refractivity contribution in [3.8, 4) is 11.8 Å². The van der Waals surface area contributed by atoms with Gasteiger partial charge >= 0.3 is 6.18 Å². The number of benzene rings is 2. The van der Waals surface area contributed by atoms with Gasteiger partial charge in [0.05, 0.1) is 18.2 Å². The summed E-state index contributed by atoms with van der Waals surface area (Å²) in [7, 11) is 0. The van der Waals surface area contributed by atoms with Crippen LogP contribution in [0.4, 0.5) is 36.3 Å². The van der Waals surface area contributed by atoms with Crippen LogP contribution in [0, 0.1) is 11.3 Å². The summed E-state index contributed by atoms with van der Waals surface area (Å²) in [6.45, 7) is 2.57. The fourth-order valence-electron chi connectivity index (χ4n) is 2.64. The highest BCUT2D eigenvalue weighted by Gasteiger charge is 2.35. The molecule has 0 saturated carbocycles. The molecule has 0 bridgehead atoms. The first-order chi connectivity index (χ1) is 14.9. The monoisotopic (exact) mass is 427 g/mol. The number of hydrogen-bond acceptors (Lipinski definition) is 6. The second-order valence-electron chi connectivity index (χ2n) is 6.62. The number of halogens is 3. The van der Waals surface area contributed by atoms with Gasteiger partial charge in [-0.2, -0.15) is 23.4 Å². The van der Waals surface area contributed by atoms with Crippen LogP contribution in [0.15, 0.2) is 54.7 Å². The summed E-state index contributed by atoms with van der Waals surface area (Å²) in [5.41, 5.74) is 0.413. The smallest absolute Gasteiger partial charge is 0.421 e. The quantitative estimate of drug-likeness (QED) is 0.427. The molecule has 0 aliphatic carbocycles. The van der Waals surface area contributed by atoms with Gasteiger partial charge in [0, 0.05) is 23.6 Å². The van der Waals surface area contributed by atoms with Crippen molar-refractivity contribution in [2.45, 2.75) is 25.9 Å². The van der Waals surface area contributed by atoms with Gasteiger partial charge in [-0.05, 0) is 42.8 Å². The van der Waals surface area contributed by atoms with Gasteiger partial charge in [0.25, 0.3) is 0 Å². The molecule has 2 N–H and O–H groups in total. The molecule has 0 unspecified atom stereocenters. The fraction of sp³-hybridized carbons (Fsp3) is 0.227. The van der Waals surface area contributed by atoms with Crippen LogP contribution in [0.3, 0.4) is 0 Å². The third-order valence-electron chi connectivity index (χ3n) is 4.23. The summed E-state index contributed by atoms with van der Waals surface area (Å²) < 4.78 is 46.1. The second kappa shape index (κ2) is 9.80. The van der Waals surface area contributed by atoms with Gasteiger partial charge in [0.1, 0.15) is 17.1 Å². The minimum atomic E-state index is -4.63. The molecule has 0 spiro atoms. The van der Waals surface area contributed by atoms with Crippen LogP contribution in [0.5, 0.6) is 5.75 Å². The lowest BCUT2D eigenvalue weighted by atomic mass is 10.2. The number of rotatable bonds is 8. The van der Waals surface area contributed by atoms with Gasteiger partial charge in [0.2, 0.25) is 5.95 Å². The number of hydrogen-bond donors (Lipinski definition) is 2. The number of ether oxygens (including phenoxy) is 1. The Morgan fingerprint density at radius 1 is 1.06 bits per heavy atom. The topological polar surface area (TPSA) is 82.9 Å². The first-order valence-corrected chi connectivity index (χ1v) is 9.60. The Labute approximate surface area is 177 Å². The summed E-state index contributed by atoms with van der Waals surface area (Å²) in [5.74, 6) is 0.150. The molecule has 2 aromatic carbocycles. The van der Waals surface area contributed by atoms with E-state index < -0.39 is 11.7 Å². The highest BCUT2D eigenvalue weighted by molar-refractivity contribution is 5.64. The van der Waals surface area contributed by atoms with Gasteiger partial charge in [-0.15, -0.1) is 0 Å². The number of aromatic nitrogens is 2. The largest absolute Gasteiger partial charge is 0.494 e. The van der Waals surface area contributed by atoms with E-state index in [1.807, 2.05) is 13.0 Å². The number of anilines is 4. The Morgan fingerprint density at radius 2 is 1.84 bits per heavy atom. The molecule has 3 rings (SSSR count). The molecule has 3 aromatic rings.